The maximum atomic E-state index is 11.9. The first-order valence-electron chi connectivity index (χ1n) is 7.05. The van der Waals surface area contributed by atoms with E-state index in [2.05, 4.69) is 10.1 Å². The Bertz CT molecular complexity index is 863. The third-order valence-electron chi connectivity index (χ3n) is 3.18. The fourth-order valence-corrected chi connectivity index (χ4v) is 2.21. The van der Waals surface area contributed by atoms with E-state index in [-0.39, 0.29) is 12.5 Å². The van der Waals surface area contributed by atoms with Crippen molar-refractivity contribution in [2.45, 2.75) is 6.61 Å². The van der Waals surface area contributed by atoms with Crippen LogP contribution < -0.4 is 4.74 Å². The summed E-state index contributed by atoms with van der Waals surface area (Å²) >= 11 is 5.84. The van der Waals surface area contributed by atoms with E-state index in [0.29, 0.717) is 22.2 Å². The van der Waals surface area contributed by atoms with E-state index in [1.165, 1.54) is 6.07 Å². The van der Waals surface area contributed by atoms with Crippen molar-refractivity contribution in [2.75, 3.05) is 7.11 Å². The number of nitrogens with zero attached hydrogens (tertiary/aromatic N) is 2. The average molecular weight is 345 g/mol. The minimum Gasteiger partial charge on any atom is -0.497 e. The fraction of sp³-hybridized carbons (Fsp3) is 0.118. The van der Waals surface area contributed by atoms with Gasteiger partial charge >= 0.3 is 5.97 Å². The molecule has 0 N–H and O–H groups in total. The first kappa shape index (κ1) is 16.0. The van der Waals surface area contributed by atoms with Crippen LogP contribution in [0.5, 0.6) is 5.75 Å². The maximum Gasteiger partial charge on any atom is 0.338 e. The number of aromatic nitrogens is 2. The minimum atomic E-state index is -0.515. The summed E-state index contributed by atoms with van der Waals surface area (Å²) in [6.45, 7) is -0.123. The lowest BCUT2D eigenvalue weighted by Gasteiger charge is -2.02. The highest BCUT2D eigenvalue weighted by atomic mass is 35.5. The number of hydrogen-bond acceptors (Lipinski definition) is 6. The number of carbonyl (C=O) groups excluding carboxylic acids is 1. The van der Waals surface area contributed by atoms with Crippen molar-refractivity contribution in [3.05, 3.63) is 65.0 Å². The van der Waals surface area contributed by atoms with E-state index in [1.807, 2.05) is 18.2 Å². The van der Waals surface area contributed by atoms with Crippen LogP contribution in [-0.4, -0.2) is 23.2 Å². The summed E-state index contributed by atoms with van der Waals surface area (Å²) in [6.07, 6.45) is 0. The molecule has 0 radical (unpaired) electrons. The molecule has 0 aliphatic carbocycles. The van der Waals surface area contributed by atoms with Crippen molar-refractivity contribution in [2.24, 2.45) is 0 Å². The molecular weight excluding hydrogens is 332 g/mol. The van der Waals surface area contributed by atoms with Crippen LogP contribution in [0.25, 0.3) is 11.4 Å². The Morgan fingerprint density at radius 2 is 2.04 bits per heavy atom. The highest BCUT2D eigenvalue weighted by Crippen LogP contribution is 2.21. The number of esters is 1. The summed E-state index contributed by atoms with van der Waals surface area (Å²) < 4.78 is 15.4. The molecule has 24 heavy (non-hydrogen) atoms. The average Bonchev–Trinajstić information content (AvgIpc) is 3.09. The van der Waals surface area contributed by atoms with Gasteiger partial charge in [-0.1, -0.05) is 35.0 Å². The molecule has 0 saturated carbocycles. The summed E-state index contributed by atoms with van der Waals surface area (Å²) in [5.74, 6) is 0.760. The molecule has 2 aromatic carbocycles. The summed E-state index contributed by atoms with van der Waals surface area (Å²) in [4.78, 5) is 16.1. The van der Waals surface area contributed by atoms with E-state index in [4.69, 9.17) is 25.6 Å². The predicted molar refractivity (Wildman–Crippen MR) is 86.9 cm³/mol. The second-order valence-corrected chi connectivity index (χ2v) is 5.27. The Kier molecular flexibility index (Phi) is 4.77. The van der Waals surface area contributed by atoms with Crippen LogP contribution >= 0.6 is 11.6 Å². The molecule has 0 saturated heterocycles. The topological polar surface area (TPSA) is 74.5 Å². The van der Waals surface area contributed by atoms with E-state index in [1.54, 1.807) is 31.4 Å². The first-order valence-corrected chi connectivity index (χ1v) is 7.43. The molecule has 6 nitrogen and oxygen atoms in total. The lowest BCUT2D eigenvalue weighted by molar-refractivity contribution is 0.0430. The number of hydrogen-bond donors (Lipinski definition) is 0. The van der Waals surface area contributed by atoms with Crippen molar-refractivity contribution < 1.29 is 18.8 Å². The van der Waals surface area contributed by atoms with Gasteiger partial charge in [-0.15, -0.1) is 0 Å². The minimum absolute atomic E-state index is 0.123. The van der Waals surface area contributed by atoms with Crippen molar-refractivity contribution >= 4 is 17.6 Å². The van der Waals surface area contributed by atoms with E-state index in [9.17, 15) is 4.79 Å². The van der Waals surface area contributed by atoms with Gasteiger partial charge in [-0.05, 0) is 30.3 Å². The lowest BCUT2D eigenvalue weighted by Crippen LogP contribution is -2.05. The van der Waals surface area contributed by atoms with Crippen molar-refractivity contribution in [3.8, 4) is 17.1 Å². The zero-order valence-corrected chi connectivity index (χ0v) is 13.5. The van der Waals surface area contributed by atoms with Gasteiger partial charge in [0, 0.05) is 10.6 Å². The van der Waals surface area contributed by atoms with E-state index in [0.717, 1.165) is 5.56 Å². The zero-order valence-electron chi connectivity index (χ0n) is 12.7. The molecule has 1 aromatic heterocycles. The summed E-state index contributed by atoms with van der Waals surface area (Å²) in [5, 5.41) is 4.33. The molecule has 3 aromatic rings. The predicted octanol–water partition coefficient (Wildman–Crippen LogP) is 3.76. The Labute approximate surface area is 143 Å². The third-order valence-corrected chi connectivity index (χ3v) is 3.42. The molecule has 0 aliphatic rings. The van der Waals surface area contributed by atoms with Gasteiger partial charge in [-0.2, -0.15) is 4.98 Å². The second kappa shape index (κ2) is 7.14. The van der Waals surface area contributed by atoms with Crippen LogP contribution in [0.3, 0.4) is 0 Å². The van der Waals surface area contributed by atoms with E-state index < -0.39 is 5.97 Å². The molecular formula is C17H13ClN2O4. The van der Waals surface area contributed by atoms with Crippen LogP contribution in [0, 0.1) is 0 Å². The second-order valence-electron chi connectivity index (χ2n) is 4.83. The van der Waals surface area contributed by atoms with Crippen LogP contribution in [0.4, 0.5) is 0 Å². The van der Waals surface area contributed by atoms with Gasteiger partial charge in [0.25, 0.3) is 5.89 Å². The van der Waals surface area contributed by atoms with Crippen LogP contribution in [0.1, 0.15) is 16.2 Å². The fourth-order valence-electron chi connectivity index (χ4n) is 2.02. The molecule has 0 aliphatic heterocycles. The number of halogens is 1. The van der Waals surface area contributed by atoms with Crippen molar-refractivity contribution in [3.63, 3.8) is 0 Å². The molecule has 3 rings (SSSR count). The Morgan fingerprint density at radius 1 is 1.21 bits per heavy atom. The standard InChI is InChI=1S/C17H13ClN2O4/c1-22-14-7-3-4-11(9-14)16-19-15(24-20-16)10-23-17(21)12-5-2-6-13(18)8-12/h2-9H,10H2,1H3. The Balaban J connectivity index is 1.67. The van der Waals surface area contributed by atoms with Gasteiger partial charge in [-0.3, -0.25) is 0 Å². The molecule has 0 amide bonds. The molecule has 122 valence electrons. The smallest absolute Gasteiger partial charge is 0.338 e. The first-order chi connectivity index (χ1) is 11.7. The lowest BCUT2D eigenvalue weighted by atomic mass is 10.2. The molecule has 0 fully saturated rings. The number of methoxy groups -OCH3 is 1. The van der Waals surface area contributed by atoms with Crippen LogP contribution in [0.2, 0.25) is 5.02 Å². The van der Waals surface area contributed by atoms with Gasteiger partial charge in [0.05, 0.1) is 12.7 Å². The van der Waals surface area contributed by atoms with Gasteiger partial charge in [0.1, 0.15) is 5.75 Å². The van der Waals surface area contributed by atoms with E-state index >= 15 is 0 Å². The SMILES string of the molecule is COc1cccc(-c2noc(COC(=O)c3cccc(Cl)c3)n2)c1. The Hall–Kier alpha value is -2.86. The molecule has 0 spiro atoms. The number of carbonyl (C=O) groups is 1. The molecule has 0 unspecified atom stereocenters. The Morgan fingerprint density at radius 3 is 2.83 bits per heavy atom. The van der Waals surface area contributed by atoms with Crippen molar-refractivity contribution in [1.82, 2.24) is 10.1 Å². The molecule has 1 heterocycles. The highest BCUT2D eigenvalue weighted by molar-refractivity contribution is 6.30. The van der Waals surface area contributed by atoms with Crippen molar-refractivity contribution in [1.29, 1.82) is 0 Å². The number of rotatable bonds is 5. The number of ether oxygens (including phenoxy) is 2. The van der Waals surface area contributed by atoms with Gasteiger partial charge in [0.2, 0.25) is 5.82 Å². The molecule has 0 atom stereocenters. The quantitative estimate of drug-likeness (QED) is 0.656. The number of benzene rings is 2. The highest BCUT2D eigenvalue weighted by Gasteiger charge is 2.13. The summed E-state index contributed by atoms with van der Waals surface area (Å²) in [5.41, 5.74) is 1.10. The van der Waals surface area contributed by atoms with Gasteiger partial charge in [0.15, 0.2) is 6.61 Å². The maximum absolute atomic E-state index is 11.9. The zero-order chi connectivity index (χ0) is 16.9. The normalized spacial score (nSPS) is 10.4. The molecule has 0 bridgehead atoms. The summed E-state index contributed by atoms with van der Waals surface area (Å²) in [6, 6.07) is 13.7. The molecule has 7 heteroatoms. The monoisotopic (exact) mass is 344 g/mol. The van der Waals surface area contributed by atoms with Crippen LogP contribution in [0.15, 0.2) is 53.1 Å². The third kappa shape index (κ3) is 3.72. The summed E-state index contributed by atoms with van der Waals surface area (Å²) in [7, 11) is 1.58. The van der Waals surface area contributed by atoms with Gasteiger partial charge < -0.3 is 14.0 Å². The van der Waals surface area contributed by atoms with Gasteiger partial charge in [-0.25, -0.2) is 4.79 Å². The van der Waals surface area contributed by atoms with Crippen LogP contribution in [-0.2, 0) is 11.3 Å². The largest absolute Gasteiger partial charge is 0.497 e.